The van der Waals surface area contributed by atoms with Crippen molar-refractivity contribution in [1.82, 2.24) is 9.88 Å². The number of aliphatic hydroxyl groups excluding tert-OH is 2. The van der Waals surface area contributed by atoms with E-state index in [1.807, 2.05) is 48.7 Å². The third-order valence-electron chi connectivity index (χ3n) is 7.73. The maximum Gasteiger partial charge on any atom is 1.00 e. The maximum absolute atomic E-state index is 14.2. The summed E-state index contributed by atoms with van der Waals surface area (Å²) >= 11 is 0. The van der Waals surface area contributed by atoms with Crippen molar-refractivity contribution in [3.8, 4) is 22.3 Å². The summed E-state index contributed by atoms with van der Waals surface area (Å²) in [5, 5.41) is 32.9. The first kappa shape index (κ1) is 37.7. The van der Waals surface area contributed by atoms with Crippen LogP contribution in [0.4, 0.5) is 4.39 Å². The van der Waals surface area contributed by atoms with Crippen LogP contribution in [0.15, 0.2) is 78.9 Å². The molecule has 0 unspecified atom stereocenters. The SMILES string of the molecule is COC(=O)c1ccc(CNC(=O)c2c(-c3ccccc3)c(-c3ccc(F)cc3)c(CC[C@@H](O)C[C@@H](O)CC(=O)O)n2C(C)C)cc1.[H-].[Na+]. The molecule has 4 rings (SSSR count). The summed E-state index contributed by atoms with van der Waals surface area (Å²) < 4.78 is 20.8. The predicted octanol–water partition coefficient (Wildman–Crippen LogP) is 2.89. The average Bonchev–Trinajstić information content (AvgIpc) is 3.38. The average molecular weight is 655 g/mol. The van der Waals surface area contributed by atoms with E-state index >= 15 is 0 Å². The van der Waals surface area contributed by atoms with E-state index in [-0.39, 0.29) is 68.7 Å². The normalized spacial score (nSPS) is 12.2. The number of carboxylic acids is 1. The molecular weight excluding hydrogens is 614 g/mol. The van der Waals surface area contributed by atoms with Gasteiger partial charge in [0.15, 0.2) is 0 Å². The molecule has 4 aromatic rings. The van der Waals surface area contributed by atoms with Gasteiger partial charge in [-0.1, -0.05) is 54.6 Å². The molecule has 0 saturated heterocycles. The number of aliphatic hydroxyl groups is 2. The number of carbonyl (C=O) groups is 3. The Morgan fingerprint density at radius 1 is 0.894 bits per heavy atom. The van der Waals surface area contributed by atoms with Gasteiger partial charge in [-0.2, -0.15) is 0 Å². The standard InChI is InChI=1S/C36H39FN2O7.Na.H/c1-22(2)39-30(18-17-28(40)19-29(41)20-31(42)43)32(25-13-15-27(37)16-14-25)33(24-7-5-4-6-8-24)34(39)35(44)38-21-23-9-11-26(12-10-23)36(45)46-3;;/h4-16,22,28-29,40-41H,17-21H2,1-3H3,(H,38,44)(H,42,43);;/q;+1;-1/t28-,29-;;/m1../s1. The molecule has 0 radical (unpaired) electrons. The molecule has 0 spiro atoms. The Hall–Kier alpha value is -3.80. The zero-order valence-electron chi connectivity index (χ0n) is 28.1. The van der Waals surface area contributed by atoms with Crippen molar-refractivity contribution in [2.24, 2.45) is 0 Å². The number of hydrogen-bond acceptors (Lipinski definition) is 6. The number of aromatic nitrogens is 1. The second kappa shape index (κ2) is 17.4. The number of halogens is 1. The number of nitrogens with zero attached hydrogens (tertiary/aromatic N) is 1. The number of benzene rings is 3. The Labute approximate surface area is 297 Å². The molecule has 0 bridgehead atoms. The quantitative estimate of drug-likeness (QED) is 0.121. The number of rotatable bonds is 14. The van der Waals surface area contributed by atoms with Gasteiger partial charge in [-0.25, -0.2) is 9.18 Å². The monoisotopic (exact) mass is 654 g/mol. The zero-order chi connectivity index (χ0) is 33.4. The van der Waals surface area contributed by atoms with Gasteiger partial charge in [0.1, 0.15) is 11.5 Å². The number of esters is 1. The Balaban J connectivity index is 0.00000400. The van der Waals surface area contributed by atoms with Gasteiger partial charge in [0.05, 0.1) is 31.3 Å². The van der Waals surface area contributed by atoms with E-state index < -0.39 is 36.4 Å². The third-order valence-corrected chi connectivity index (χ3v) is 7.73. The van der Waals surface area contributed by atoms with Gasteiger partial charge in [-0.05, 0) is 74.1 Å². The van der Waals surface area contributed by atoms with Crippen LogP contribution in [0, 0.1) is 5.82 Å². The van der Waals surface area contributed by atoms with Crippen LogP contribution in [0.25, 0.3) is 22.3 Å². The maximum atomic E-state index is 14.2. The fourth-order valence-electron chi connectivity index (χ4n) is 5.65. The number of aliphatic carboxylic acids is 1. The molecule has 0 fully saturated rings. The molecule has 9 nitrogen and oxygen atoms in total. The first-order valence-electron chi connectivity index (χ1n) is 15.1. The number of carbonyl (C=O) groups excluding carboxylic acids is 2. The fourth-order valence-corrected chi connectivity index (χ4v) is 5.65. The van der Waals surface area contributed by atoms with Crippen molar-refractivity contribution in [2.75, 3.05) is 7.11 Å². The number of methoxy groups -OCH3 is 1. The number of hydrogen-bond donors (Lipinski definition) is 4. The molecule has 47 heavy (non-hydrogen) atoms. The van der Waals surface area contributed by atoms with E-state index in [4.69, 9.17) is 9.84 Å². The first-order chi connectivity index (χ1) is 22.0. The minimum Gasteiger partial charge on any atom is -1.00 e. The summed E-state index contributed by atoms with van der Waals surface area (Å²) in [6.07, 6.45) is -2.33. The summed E-state index contributed by atoms with van der Waals surface area (Å²) in [5.41, 5.74) is 5.10. The molecule has 0 aliphatic carbocycles. The molecule has 1 heterocycles. The van der Waals surface area contributed by atoms with Crippen LogP contribution in [0.2, 0.25) is 0 Å². The summed E-state index contributed by atoms with van der Waals surface area (Å²) in [4.78, 5) is 37.1. The molecule has 1 aromatic heterocycles. The van der Waals surface area contributed by atoms with Crippen LogP contribution in [-0.4, -0.2) is 57.1 Å². The van der Waals surface area contributed by atoms with E-state index in [0.717, 1.165) is 16.8 Å². The summed E-state index contributed by atoms with van der Waals surface area (Å²) in [7, 11) is 1.31. The molecule has 11 heteroatoms. The molecule has 1 amide bonds. The number of nitrogens with one attached hydrogen (secondary N) is 1. The van der Waals surface area contributed by atoms with Crippen LogP contribution in [0.1, 0.15) is 72.7 Å². The molecule has 2 atom stereocenters. The minimum absolute atomic E-state index is 0. The fraction of sp³-hybridized carbons (Fsp3) is 0.306. The molecule has 244 valence electrons. The van der Waals surface area contributed by atoms with E-state index in [1.54, 1.807) is 36.4 Å². The number of amides is 1. The third kappa shape index (κ3) is 9.62. The van der Waals surface area contributed by atoms with E-state index in [2.05, 4.69) is 5.32 Å². The summed E-state index contributed by atoms with van der Waals surface area (Å²) in [5.74, 6) is -2.37. The van der Waals surface area contributed by atoms with Crippen LogP contribution in [0.5, 0.6) is 0 Å². The topological polar surface area (TPSA) is 138 Å². The summed E-state index contributed by atoms with van der Waals surface area (Å²) in [6, 6.07) is 22.0. The van der Waals surface area contributed by atoms with Crippen molar-refractivity contribution in [3.05, 3.63) is 107 Å². The molecule has 3 aromatic carbocycles. The van der Waals surface area contributed by atoms with Gasteiger partial charge < -0.3 is 31.4 Å². The summed E-state index contributed by atoms with van der Waals surface area (Å²) in [6.45, 7) is 4.07. The van der Waals surface area contributed by atoms with Crippen molar-refractivity contribution in [1.29, 1.82) is 0 Å². The number of carboxylic acid groups (broad SMARTS) is 1. The van der Waals surface area contributed by atoms with Crippen LogP contribution in [0.3, 0.4) is 0 Å². The van der Waals surface area contributed by atoms with Gasteiger partial charge in [0.25, 0.3) is 5.91 Å². The van der Waals surface area contributed by atoms with Crippen molar-refractivity contribution in [3.63, 3.8) is 0 Å². The van der Waals surface area contributed by atoms with Crippen LogP contribution < -0.4 is 34.9 Å². The van der Waals surface area contributed by atoms with E-state index in [0.29, 0.717) is 27.9 Å². The Bertz CT molecular complexity index is 1660. The Morgan fingerprint density at radius 3 is 2.09 bits per heavy atom. The van der Waals surface area contributed by atoms with Crippen molar-refractivity contribution in [2.45, 2.75) is 64.3 Å². The van der Waals surface area contributed by atoms with Gasteiger partial charge >= 0.3 is 41.5 Å². The van der Waals surface area contributed by atoms with Crippen molar-refractivity contribution >= 4 is 17.8 Å². The second-order valence-corrected chi connectivity index (χ2v) is 11.4. The molecule has 0 aliphatic heterocycles. The van der Waals surface area contributed by atoms with Gasteiger partial charge in [-0.3, -0.25) is 9.59 Å². The smallest absolute Gasteiger partial charge is 1.00 e. The predicted molar refractivity (Wildman–Crippen MR) is 173 cm³/mol. The second-order valence-electron chi connectivity index (χ2n) is 11.4. The van der Waals surface area contributed by atoms with E-state index in [9.17, 15) is 29.0 Å². The number of ether oxygens (including phenoxy) is 1. The van der Waals surface area contributed by atoms with Gasteiger partial charge in [0, 0.05) is 29.4 Å². The van der Waals surface area contributed by atoms with Gasteiger partial charge in [0.2, 0.25) is 0 Å². The Morgan fingerprint density at radius 2 is 1.51 bits per heavy atom. The van der Waals surface area contributed by atoms with Gasteiger partial charge in [-0.15, -0.1) is 0 Å². The van der Waals surface area contributed by atoms with Crippen LogP contribution in [-0.2, 0) is 22.5 Å². The molecule has 0 saturated carbocycles. The first-order valence-corrected chi connectivity index (χ1v) is 15.1. The molecule has 4 N–H and O–H groups in total. The minimum atomic E-state index is -1.20. The van der Waals surface area contributed by atoms with Crippen molar-refractivity contribution < 1.29 is 69.8 Å². The molecule has 0 aliphatic rings. The zero-order valence-corrected chi connectivity index (χ0v) is 29.1. The molecular formula is C36H40FN2NaO7. The van der Waals surface area contributed by atoms with E-state index in [1.165, 1.54) is 19.2 Å². The Kier molecular flexibility index (Phi) is 13.9. The van der Waals surface area contributed by atoms with Crippen LogP contribution >= 0.6 is 0 Å². The largest absolute Gasteiger partial charge is 1.00 e.